The van der Waals surface area contributed by atoms with Crippen LogP contribution in [-0.4, -0.2) is 63.4 Å². The summed E-state index contributed by atoms with van der Waals surface area (Å²) in [5, 5.41) is 0. The van der Waals surface area contributed by atoms with Crippen molar-refractivity contribution in [2.45, 2.75) is 51.5 Å². The number of amides is 1. The molecule has 0 atom stereocenters. The summed E-state index contributed by atoms with van der Waals surface area (Å²) in [4.78, 5) is 15.0. The molecule has 1 heterocycles. The Morgan fingerprint density at radius 2 is 1.81 bits per heavy atom. The predicted octanol–water partition coefficient (Wildman–Crippen LogP) is 2.83. The van der Waals surface area contributed by atoms with Gasteiger partial charge in [0.25, 0.3) is 5.91 Å². The number of benzene rings is 1. The molecule has 0 aromatic heterocycles. The highest BCUT2D eigenvalue weighted by Gasteiger charge is 2.27. The topological polar surface area (TPSA) is 66.9 Å². The lowest BCUT2D eigenvalue weighted by molar-refractivity contribution is -0.00231. The number of carbonyl (C=O) groups excluding carboxylic acids is 1. The standard InChI is InChI=1S/C20H32N2O4S/c1-14(2)13-26-18-7-9-22(10-8-18)20(23)17-11-15(3)16(4)19(12-17)27(24,25)21(5)6/h11-12,14,18H,7-10,13H2,1-6H3. The number of piperidine rings is 1. The average Bonchev–Trinajstić information content (AvgIpc) is 2.61. The van der Waals surface area contributed by atoms with Crippen LogP contribution < -0.4 is 0 Å². The second kappa shape index (κ2) is 8.71. The number of carbonyl (C=O) groups is 1. The molecule has 1 fully saturated rings. The zero-order valence-electron chi connectivity index (χ0n) is 17.3. The molecule has 0 bridgehead atoms. The number of sulfonamides is 1. The van der Waals surface area contributed by atoms with Gasteiger partial charge < -0.3 is 9.64 Å². The maximum Gasteiger partial charge on any atom is 0.253 e. The van der Waals surface area contributed by atoms with Crippen molar-refractivity contribution in [3.05, 3.63) is 28.8 Å². The van der Waals surface area contributed by atoms with Crippen LogP contribution in [0.3, 0.4) is 0 Å². The molecule has 0 N–H and O–H groups in total. The van der Waals surface area contributed by atoms with Gasteiger partial charge in [0.1, 0.15) is 0 Å². The highest BCUT2D eigenvalue weighted by molar-refractivity contribution is 7.89. The molecular formula is C20H32N2O4S. The van der Waals surface area contributed by atoms with E-state index in [1.807, 2.05) is 6.92 Å². The Kier molecular flexibility index (Phi) is 7.05. The first kappa shape index (κ1) is 21.9. The summed E-state index contributed by atoms with van der Waals surface area (Å²) in [5.41, 5.74) is 1.91. The number of hydrogen-bond acceptors (Lipinski definition) is 4. The SMILES string of the molecule is Cc1cc(C(=O)N2CCC(OCC(C)C)CC2)cc(S(=O)(=O)N(C)C)c1C. The van der Waals surface area contributed by atoms with Crippen molar-refractivity contribution >= 4 is 15.9 Å². The Balaban J connectivity index is 2.17. The Labute approximate surface area is 163 Å². The number of rotatable bonds is 6. The smallest absolute Gasteiger partial charge is 0.253 e. The van der Waals surface area contributed by atoms with Crippen molar-refractivity contribution in [2.24, 2.45) is 5.92 Å². The van der Waals surface area contributed by atoms with E-state index in [0.717, 1.165) is 25.0 Å². The van der Waals surface area contributed by atoms with Crippen LogP contribution in [-0.2, 0) is 14.8 Å². The Morgan fingerprint density at radius 3 is 2.33 bits per heavy atom. The fraction of sp³-hybridized carbons (Fsp3) is 0.650. The molecule has 152 valence electrons. The molecule has 1 amide bonds. The molecular weight excluding hydrogens is 364 g/mol. The zero-order valence-corrected chi connectivity index (χ0v) is 18.1. The third-order valence-corrected chi connectivity index (χ3v) is 6.96. The third-order valence-electron chi connectivity index (χ3n) is 5.02. The molecule has 0 spiro atoms. The highest BCUT2D eigenvalue weighted by Crippen LogP contribution is 2.25. The minimum atomic E-state index is -3.60. The van der Waals surface area contributed by atoms with E-state index in [2.05, 4.69) is 13.8 Å². The molecule has 1 saturated heterocycles. The minimum absolute atomic E-state index is 0.115. The van der Waals surface area contributed by atoms with Gasteiger partial charge in [0.2, 0.25) is 10.0 Å². The van der Waals surface area contributed by atoms with Crippen molar-refractivity contribution in [2.75, 3.05) is 33.8 Å². The quantitative estimate of drug-likeness (QED) is 0.742. The van der Waals surface area contributed by atoms with E-state index in [1.165, 1.54) is 24.5 Å². The predicted molar refractivity (Wildman–Crippen MR) is 107 cm³/mol. The van der Waals surface area contributed by atoms with Crippen molar-refractivity contribution in [3.63, 3.8) is 0 Å². The van der Waals surface area contributed by atoms with Crippen molar-refractivity contribution in [1.29, 1.82) is 0 Å². The molecule has 0 aliphatic carbocycles. The summed E-state index contributed by atoms with van der Waals surface area (Å²) in [6, 6.07) is 3.30. The molecule has 0 saturated carbocycles. The Morgan fingerprint density at radius 1 is 1.22 bits per heavy atom. The lowest BCUT2D eigenvalue weighted by atomic mass is 10.0. The summed E-state index contributed by atoms with van der Waals surface area (Å²) in [6.07, 6.45) is 1.82. The van der Waals surface area contributed by atoms with Crippen LogP contribution >= 0.6 is 0 Å². The minimum Gasteiger partial charge on any atom is -0.378 e. The van der Waals surface area contributed by atoms with Crippen LogP contribution in [0.15, 0.2) is 17.0 Å². The summed E-state index contributed by atoms with van der Waals surface area (Å²) >= 11 is 0. The summed E-state index contributed by atoms with van der Waals surface area (Å²) in [7, 11) is -0.597. The second-order valence-corrected chi connectivity index (χ2v) is 10.0. The Hall–Kier alpha value is -1.44. The monoisotopic (exact) mass is 396 g/mol. The van der Waals surface area contributed by atoms with Crippen LogP contribution in [0.1, 0.15) is 48.2 Å². The van der Waals surface area contributed by atoms with Crippen molar-refractivity contribution in [1.82, 2.24) is 9.21 Å². The van der Waals surface area contributed by atoms with E-state index in [1.54, 1.807) is 17.9 Å². The van der Waals surface area contributed by atoms with Gasteiger partial charge in [-0.3, -0.25) is 4.79 Å². The molecule has 27 heavy (non-hydrogen) atoms. The van der Waals surface area contributed by atoms with Gasteiger partial charge in [-0.1, -0.05) is 13.8 Å². The molecule has 1 aliphatic heterocycles. The highest BCUT2D eigenvalue weighted by atomic mass is 32.2. The molecule has 0 radical (unpaired) electrons. The van der Waals surface area contributed by atoms with E-state index in [4.69, 9.17) is 4.74 Å². The van der Waals surface area contributed by atoms with Gasteiger partial charge in [0.15, 0.2) is 0 Å². The number of likely N-dealkylation sites (tertiary alicyclic amines) is 1. The third kappa shape index (κ3) is 5.09. The fourth-order valence-electron chi connectivity index (χ4n) is 3.15. The summed E-state index contributed by atoms with van der Waals surface area (Å²) in [5.74, 6) is 0.382. The molecule has 0 unspecified atom stereocenters. The van der Waals surface area contributed by atoms with E-state index < -0.39 is 10.0 Å². The molecule has 2 rings (SSSR count). The van der Waals surface area contributed by atoms with E-state index in [0.29, 0.717) is 30.1 Å². The van der Waals surface area contributed by atoms with Crippen LogP contribution in [0, 0.1) is 19.8 Å². The van der Waals surface area contributed by atoms with E-state index in [-0.39, 0.29) is 16.9 Å². The number of hydrogen-bond donors (Lipinski definition) is 0. The Bertz CT molecular complexity index is 779. The molecule has 6 nitrogen and oxygen atoms in total. The number of nitrogens with zero attached hydrogens (tertiary/aromatic N) is 2. The number of aryl methyl sites for hydroxylation is 1. The first-order valence-corrected chi connectivity index (χ1v) is 10.9. The fourth-order valence-corrected chi connectivity index (χ4v) is 4.37. The van der Waals surface area contributed by atoms with Gasteiger partial charge >= 0.3 is 0 Å². The summed E-state index contributed by atoms with van der Waals surface area (Å²) in [6.45, 7) is 9.86. The van der Waals surface area contributed by atoms with Gasteiger partial charge in [-0.2, -0.15) is 0 Å². The summed E-state index contributed by atoms with van der Waals surface area (Å²) < 4.78 is 32.3. The molecule has 1 aromatic carbocycles. The maximum absolute atomic E-state index is 13.0. The average molecular weight is 397 g/mol. The zero-order chi connectivity index (χ0) is 20.4. The van der Waals surface area contributed by atoms with Crippen LogP contribution in [0.4, 0.5) is 0 Å². The normalized spacial score (nSPS) is 16.4. The van der Waals surface area contributed by atoms with E-state index >= 15 is 0 Å². The van der Waals surface area contributed by atoms with Crippen LogP contribution in [0.2, 0.25) is 0 Å². The maximum atomic E-state index is 13.0. The number of ether oxygens (including phenoxy) is 1. The van der Waals surface area contributed by atoms with Gasteiger partial charge in [0.05, 0.1) is 11.0 Å². The lowest BCUT2D eigenvalue weighted by Crippen LogP contribution is -2.41. The van der Waals surface area contributed by atoms with Crippen molar-refractivity contribution < 1.29 is 17.9 Å². The van der Waals surface area contributed by atoms with E-state index in [9.17, 15) is 13.2 Å². The second-order valence-electron chi connectivity index (χ2n) is 7.92. The van der Waals surface area contributed by atoms with Gasteiger partial charge in [-0.15, -0.1) is 0 Å². The van der Waals surface area contributed by atoms with Crippen molar-refractivity contribution in [3.8, 4) is 0 Å². The molecule has 1 aliphatic rings. The first-order chi connectivity index (χ1) is 12.5. The van der Waals surface area contributed by atoms with Gasteiger partial charge in [-0.25, -0.2) is 12.7 Å². The van der Waals surface area contributed by atoms with Crippen LogP contribution in [0.5, 0.6) is 0 Å². The molecule has 7 heteroatoms. The van der Waals surface area contributed by atoms with Crippen LogP contribution in [0.25, 0.3) is 0 Å². The largest absolute Gasteiger partial charge is 0.378 e. The first-order valence-electron chi connectivity index (χ1n) is 9.48. The van der Waals surface area contributed by atoms with Gasteiger partial charge in [0, 0.05) is 39.4 Å². The van der Waals surface area contributed by atoms with Gasteiger partial charge in [-0.05, 0) is 55.9 Å². The lowest BCUT2D eigenvalue weighted by Gasteiger charge is -2.32. The molecule has 1 aromatic rings.